The molecule has 2 fully saturated rings. The van der Waals surface area contributed by atoms with Crippen LogP contribution in [0.1, 0.15) is 39.0 Å². The van der Waals surface area contributed by atoms with Gasteiger partial charge < -0.3 is 4.90 Å². The average Bonchev–Trinajstić information content (AvgIpc) is 3.12. The minimum atomic E-state index is -0.208. The summed E-state index contributed by atoms with van der Waals surface area (Å²) >= 11 is 0. The standard InChI is InChI=1S/C16H26N4O/c1-2-9-18-10-3-6-16(15(18)21)7-4-11-19(16)13-14-20-12-5-8-17-20/h5,8,12H,2-4,6-7,9-11,13-14H2,1H3. The Labute approximate surface area is 126 Å². The monoisotopic (exact) mass is 290 g/mol. The molecule has 1 spiro atoms. The summed E-state index contributed by atoms with van der Waals surface area (Å²) in [5.41, 5.74) is -0.208. The van der Waals surface area contributed by atoms with E-state index in [-0.39, 0.29) is 5.54 Å². The SMILES string of the molecule is CCCN1CCCC2(CCCN2CCn2cccn2)C1=O. The number of piperidine rings is 1. The lowest BCUT2D eigenvalue weighted by Crippen LogP contribution is -2.60. The van der Waals surface area contributed by atoms with E-state index in [2.05, 4.69) is 21.8 Å². The van der Waals surface area contributed by atoms with Crippen molar-refractivity contribution in [2.75, 3.05) is 26.2 Å². The summed E-state index contributed by atoms with van der Waals surface area (Å²) in [4.78, 5) is 17.5. The Morgan fingerprint density at radius 1 is 1.19 bits per heavy atom. The lowest BCUT2D eigenvalue weighted by atomic mass is 9.85. The number of nitrogens with zero attached hydrogens (tertiary/aromatic N) is 4. The van der Waals surface area contributed by atoms with Crippen molar-refractivity contribution in [1.29, 1.82) is 0 Å². The molecule has 3 rings (SSSR count). The van der Waals surface area contributed by atoms with Gasteiger partial charge in [0.1, 0.15) is 5.54 Å². The van der Waals surface area contributed by atoms with Crippen LogP contribution in [-0.2, 0) is 11.3 Å². The molecule has 2 saturated heterocycles. The molecule has 0 aliphatic carbocycles. The van der Waals surface area contributed by atoms with Crippen molar-refractivity contribution in [2.45, 2.75) is 51.1 Å². The highest BCUT2D eigenvalue weighted by atomic mass is 16.2. The highest BCUT2D eigenvalue weighted by molar-refractivity contribution is 5.87. The fourth-order valence-corrected chi connectivity index (χ4v) is 3.99. The lowest BCUT2D eigenvalue weighted by molar-refractivity contribution is -0.147. The van der Waals surface area contributed by atoms with E-state index in [1.54, 1.807) is 0 Å². The molecule has 1 unspecified atom stereocenters. The Bertz CT molecular complexity index is 471. The fourth-order valence-electron chi connectivity index (χ4n) is 3.99. The Morgan fingerprint density at radius 2 is 2.00 bits per heavy atom. The van der Waals surface area contributed by atoms with Crippen LogP contribution >= 0.6 is 0 Å². The molecule has 2 aliphatic heterocycles. The van der Waals surface area contributed by atoms with Gasteiger partial charge in [0, 0.05) is 32.0 Å². The first kappa shape index (κ1) is 14.6. The van der Waals surface area contributed by atoms with Crippen LogP contribution < -0.4 is 0 Å². The van der Waals surface area contributed by atoms with Crippen LogP contribution in [0.5, 0.6) is 0 Å². The van der Waals surface area contributed by atoms with Crippen LogP contribution in [0.2, 0.25) is 0 Å². The maximum atomic E-state index is 13.0. The fraction of sp³-hybridized carbons (Fsp3) is 0.750. The second-order valence-electron chi connectivity index (χ2n) is 6.29. The molecule has 3 heterocycles. The van der Waals surface area contributed by atoms with Crippen molar-refractivity contribution in [3.63, 3.8) is 0 Å². The third kappa shape index (κ3) is 2.71. The van der Waals surface area contributed by atoms with E-state index < -0.39 is 0 Å². The van der Waals surface area contributed by atoms with E-state index in [4.69, 9.17) is 0 Å². The van der Waals surface area contributed by atoms with E-state index in [9.17, 15) is 4.79 Å². The highest BCUT2D eigenvalue weighted by Crippen LogP contribution is 2.38. The maximum Gasteiger partial charge on any atom is 0.243 e. The largest absolute Gasteiger partial charge is 0.341 e. The van der Waals surface area contributed by atoms with Crippen LogP contribution in [0, 0.1) is 0 Å². The van der Waals surface area contributed by atoms with Crippen molar-refractivity contribution in [1.82, 2.24) is 19.6 Å². The van der Waals surface area contributed by atoms with Crippen LogP contribution in [-0.4, -0.2) is 57.2 Å². The van der Waals surface area contributed by atoms with Gasteiger partial charge in [0.2, 0.25) is 5.91 Å². The molecule has 116 valence electrons. The van der Waals surface area contributed by atoms with E-state index in [1.165, 1.54) is 0 Å². The van der Waals surface area contributed by atoms with Crippen molar-refractivity contribution in [3.8, 4) is 0 Å². The maximum absolute atomic E-state index is 13.0. The topological polar surface area (TPSA) is 41.4 Å². The average molecular weight is 290 g/mol. The molecule has 1 atom stereocenters. The Kier molecular flexibility index (Phi) is 4.29. The first-order valence-electron chi connectivity index (χ1n) is 8.28. The number of rotatable bonds is 5. The predicted molar refractivity (Wildman–Crippen MR) is 81.9 cm³/mol. The van der Waals surface area contributed by atoms with Crippen LogP contribution in [0.4, 0.5) is 0 Å². The summed E-state index contributed by atoms with van der Waals surface area (Å²) in [7, 11) is 0. The van der Waals surface area contributed by atoms with Gasteiger partial charge >= 0.3 is 0 Å². The van der Waals surface area contributed by atoms with Crippen molar-refractivity contribution in [3.05, 3.63) is 18.5 Å². The van der Waals surface area contributed by atoms with Gasteiger partial charge in [-0.15, -0.1) is 0 Å². The molecule has 1 aromatic rings. The van der Waals surface area contributed by atoms with Gasteiger partial charge in [-0.2, -0.15) is 5.10 Å². The highest BCUT2D eigenvalue weighted by Gasteiger charge is 2.50. The lowest BCUT2D eigenvalue weighted by Gasteiger charge is -2.44. The van der Waals surface area contributed by atoms with Gasteiger partial charge in [-0.05, 0) is 44.7 Å². The van der Waals surface area contributed by atoms with Crippen LogP contribution in [0.25, 0.3) is 0 Å². The van der Waals surface area contributed by atoms with Crippen LogP contribution in [0.3, 0.4) is 0 Å². The summed E-state index contributed by atoms with van der Waals surface area (Å²) in [6, 6.07) is 1.95. The summed E-state index contributed by atoms with van der Waals surface area (Å²) in [5.74, 6) is 0.383. The van der Waals surface area contributed by atoms with Gasteiger partial charge in [0.25, 0.3) is 0 Å². The molecule has 5 nitrogen and oxygen atoms in total. The zero-order valence-corrected chi connectivity index (χ0v) is 13.0. The Balaban J connectivity index is 1.70. The molecule has 0 saturated carbocycles. The minimum absolute atomic E-state index is 0.208. The molecule has 2 aliphatic rings. The van der Waals surface area contributed by atoms with Gasteiger partial charge in [-0.3, -0.25) is 14.4 Å². The van der Waals surface area contributed by atoms with Gasteiger partial charge in [-0.1, -0.05) is 6.92 Å². The molecular formula is C16H26N4O. The number of amides is 1. The molecule has 5 heteroatoms. The van der Waals surface area contributed by atoms with Crippen LogP contribution in [0.15, 0.2) is 18.5 Å². The van der Waals surface area contributed by atoms with E-state index in [1.807, 2.05) is 23.1 Å². The molecule has 21 heavy (non-hydrogen) atoms. The second kappa shape index (κ2) is 6.18. The Morgan fingerprint density at radius 3 is 2.71 bits per heavy atom. The van der Waals surface area contributed by atoms with Crippen molar-refractivity contribution < 1.29 is 4.79 Å². The first-order valence-corrected chi connectivity index (χ1v) is 8.28. The molecular weight excluding hydrogens is 264 g/mol. The van der Waals surface area contributed by atoms with Crippen molar-refractivity contribution in [2.24, 2.45) is 0 Å². The summed E-state index contributed by atoms with van der Waals surface area (Å²) in [6.07, 6.45) is 9.21. The molecule has 1 aromatic heterocycles. The predicted octanol–water partition coefficient (Wildman–Crippen LogP) is 1.75. The number of hydrogen-bond acceptors (Lipinski definition) is 3. The van der Waals surface area contributed by atoms with E-state index >= 15 is 0 Å². The molecule has 0 aromatic carbocycles. The Hall–Kier alpha value is -1.36. The van der Waals surface area contributed by atoms with Gasteiger partial charge in [0.15, 0.2) is 0 Å². The smallest absolute Gasteiger partial charge is 0.243 e. The number of likely N-dealkylation sites (tertiary alicyclic amines) is 2. The van der Waals surface area contributed by atoms with Gasteiger partial charge in [0.05, 0.1) is 6.54 Å². The zero-order valence-electron chi connectivity index (χ0n) is 13.0. The van der Waals surface area contributed by atoms with Gasteiger partial charge in [-0.25, -0.2) is 0 Å². The van der Waals surface area contributed by atoms with E-state index in [0.29, 0.717) is 5.91 Å². The number of hydrogen-bond donors (Lipinski definition) is 0. The summed E-state index contributed by atoms with van der Waals surface area (Å²) < 4.78 is 1.96. The molecule has 0 bridgehead atoms. The molecule has 0 N–H and O–H groups in total. The normalized spacial score (nSPS) is 26.9. The third-order valence-electron chi connectivity index (χ3n) is 4.98. The first-order chi connectivity index (χ1) is 10.3. The summed E-state index contributed by atoms with van der Waals surface area (Å²) in [6.45, 7) is 6.85. The molecule has 1 amide bonds. The third-order valence-corrected chi connectivity index (χ3v) is 4.98. The summed E-state index contributed by atoms with van der Waals surface area (Å²) in [5, 5.41) is 4.27. The van der Waals surface area contributed by atoms with E-state index in [0.717, 1.165) is 64.8 Å². The number of aromatic nitrogens is 2. The number of carbonyl (C=O) groups is 1. The number of carbonyl (C=O) groups excluding carboxylic acids is 1. The minimum Gasteiger partial charge on any atom is -0.341 e. The quantitative estimate of drug-likeness (QED) is 0.829. The second-order valence-corrected chi connectivity index (χ2v) is 6.29. The zero-order chi connectivity index (χ0) is 14.7. The van der Waals surface area contributed by atoms with Crippen molar-refractivity contribution >= 4 is 5.91 Å². The molecule has 0 radical (unpaired) electrons.